The average molecular weight is 441 g/mol. The summed E-state index contributed by atoms with van der Waals surface area (Å²) in [4.78, 5) is 27.3. The number of thioether (sulfide) groups is 1. The number of hydrogen-bond donors (Lipinski definition) is 0. The van der Waals surface area contributed by atoms with Crippen LogP contribution in [0.1, 0.15) is 15.9 Å². The molecule has 0 unspecified atom stereocenters. The van der Waals surface area contributed by atoms with Crippen LogP contribution in [-0.2, 0) is 12.7 Å². The zero-order valence-electron chi connectivity index (χ0n) is 15.0. The number of hydrogen-bond acceptors (Lipinski definition) is 5. The lowest BCUT2D eigenvalue weighted by Gasteiger charge is -2.07. The normalized spacial score (nSPS) is 12.5. The van der Waals surface area contributed by atoms with E-state index >= 15 is 0 Å². The molecule has 3 aromatic rings. The molecule has 1 amide bonds. The number of non-ortho nitro benzene ring substituents is 1. The molecule has 3 rings (SSSR count). The first-order valence-corrected chi connectivity index (χ1v) is 10.4. The molecule has 11 heteroatoms. The molecule has 0 saturated carbocycles. The molecule has 0 saturated heterocycles. The average Bonchev–Trinajstić information content (AvgIpc) is 3.01. The highest BCUT2D eigenvalue weighted by Crippen LogP contribution is 2.29. The summed E-state index contributed by atoms with van der Waals surface area (Å²) in [5.74, 6) is -0.108. The fraction of sp³-hybridized carbons (Fsp3) is 0.222. The third-order valence-electron chi connectivity index (χ3n) is 4.03. The number of carbonyl (C=O) groups excluding carboxylic acids is 1. The minimum Gasteiger partial charge on any atom is -0.315 e. The number of aryl methyl sites for hydroxylation is 1. The van der Waals surface area contributed by atoms with Gasteiger partial charge in [0.05, 0.1) is 20.7 Å². The maximum absolute atomic E-state index is 12.9. The summed E-state index contributed by atoms with van der Waals surface area (Å²) in [6.07, 6.45) is -2.66. The van der Waals surface area contributed by atoms with Crippen LogP contribution in [0, 0.1) is 10.1 Å². The van der Waals surface area contributed by atoms with Gasteiger partial charge in [0.2, 0.25) is 0 Å². The predicted octanol–water partition coefficient (Wildman–Crippen LogP) is 4.73. The predicted molar refractivity (Wildman–Crippen MR) is 106 cm³/mol. The number of alkyl halides is 3. The number of aromatic nitrogens is 1. The molecule has 0 fully saturated rings. The fourth-order valence-corrected chi connectivity index (χ4v) is 4.09. The molecule has 2 aromatic carbocycles. The minimum absolute atomic E-state index is 0.0912. The summed E-state index contributed by atoms with van der Waals surface area (Å²) < 4.78 is 41.0. The van der Waals surface area contributed by atoms with Crippen molar-refractivity contribution in [3.8, 4) is 0 Å². The lowest BCUT2D eigenvalue weighted by molar-refractivity contribution is -0.384. The Kier molecular flexibility index (Phi) is 6.08. The molecule has 0 radical (unpaired) electrons. The Bertz CT molecular complexity index is 1150. The monoisotopic (exact) mass is 441 g/mol. The van der Waals surface area contributed by atoms with E-state index in [-0.39, 0.29) is 16.1 Å². The van der Waals surface area contributed by atoms with Crippen LogP contribution in [0.3, 0.4) is 0 Å². The Morgan fingerprint density at radius 1 is 1.28 bits per heavy atom. The van der Waals surface area contributed by atoms with Crippen molar-refractivity contribution in [1.29, 1.82) is 0 Å². The van der Waals surface area contributed by atoms with Gasteiger partial charge in [0, 0.05) is 30.0 Å². The number of amides is 1. The number of benzene rings is 2. The molecule has 29 heavy (non-hydrogen) atoms. The van der Waals surface area contributed by atoms with Crippen molar-refractivity contribution >= 4 is 44.9 Å². The second kappa shape index (κ2) is 8.37. The third-order valence-corrected chi connectivity index (χ3v) is 5.66. The number of nitrogens with zero attached hydrogens (tertiary/aromatic N) is 3. The van der Waals surface area contributed by atoms with Crippen molar-refractivity contribution in [3.63, 3.8) is 0 Å². The summed E-state index contributed by atoms with van der Waals surface area (Å²) in [5.41, 5.74) is -0.530. The van der Waals surface area contributed by atoms with Crippen LogP contribution in [-0.4, -0.2) is 27.4 Å². The molecule has 0 aliphatic carbocycles. The Balaban J connectivity index is 2.10. The molecule has 152 valence electrons. The van der Waals surface area contributed by atoms with E-state index in [0.717, 1.165) is 29.5 Å². The lowest BCUT2D eigenvalue weighted by atomic mass is 10.1. The van der Waals surface area contributed by atoms with Gasteiger partial charge in [-0.1, -0.05) is 17.4 Å². The van der Waals surface area contributed by atoms with E-state index in [1.807, 2.05) is 6.26 Å². The van der Waals surface area contributed by atoms with E-state index in [0.29, 0.717) is 22.5 Å². The maximum atomic E-state index is 12.9. The molecular formula is C18H14F3N3O3S2. The van der Waals surface area contributed by atoms with Crippen LogP contribution in [0.25, 0.3) is 10.2 Å². The van der Waals surface area contributed by atoms with Gasteiger partial charge < -0.3 is 4.57 Å². The number of rotatable bonds is 5. The second-order valence-corrected chi connectivity index (χ2v) is 7.93. The van der Waals surface area contributed by atoms with Gasteiger partial charge in [-0.25, -0.2) is 0 Å². The topological polar surface area (TPSA) is 77.5 Å². The van der Waals surface area contributed by atoms with Crippen molar-refractivity contribution in [2.45, 2.75) is 12.7 Å². The molecule has 0 aliphatic rings. The number of nitro benzene ring substituents is 1. The highest BCUT2D eigenvalue weighted by molar-refractivity contribution is 7.98. The highest BCUT2D eigenvalue weighted by Gasteiger charge is 2.30. The first-order chi connectivity index (χ1) is 13.7. The molecular weight excluding hydrogens is 427 g/mol. The molecule has 6 nitrogen and oxygen atoms in total. The Hall–Kier alpha value is -2.66. The summed E-state index contributed by atoms with van der Waals surface area (Å²) >= 11 is 2.65. The summed E-state index contributed by atoms with van der Waals surface area (Å²) in [7, 11) is 0. The number of halogens is 3. The number of carbonyl (C=O) groups is 1. The van der Waals surface area contributed by atoms with E-state index in [1.54, 1.807) is 22.4 Å². The first-order valence-electron chi connectivity index (χ1n) is 8.24. The zero-order valence-corrected chi connectivity index (χ0v) is 16.6. The van der Waals surface area contributed by atoms with Gasteiger partial charge in [-0.05, 0) is 30.5 Å². The van der Waals surface area contributed by atoms with Crippen molar-refractivity contribution in [2.24, 2.45) is 4.99 Å². The number of fused-ring (bicyclic) bond motifs is 1. The molecule has 0 bridgehead atoms. The molecule has 1 heterocycles. The van der Waals surface area contributed by atoms with Crippen LogP contribution in [0.5, 0.6) is 0 Å². The van der Waals surface area contributed by atoms with Crippen LogP contribution in [0.2, 0.25) is 0 Å². The maximum Gasteiger partial charge on any atom is 0.416 e. The summed E-state index contributed by atoms with van der Waals surface area (Å²) in [6.45, 7) is 0.494. The van der Waals surface area contributed by atoms with Gasteiger partial charge in [-0.3, -0.25) is 14.9 Å². The van der Waals surface area contributed by atoms with E-state index < -0.39 is 22.6 Å². The van der Waals surface area contributed by atoms with Crippen molar-refractivity contribution in [2.75, 3.05) is 12.0 Å². The minimum atomic E-state index is -4.56. The van der Waals surface area contributed by atoms with E-state index in [9.17, 15) is 28.1 Å². The zero-order chi connectivity index (χ0) is 21.2. The lowest BCUT2D eigenvalue weighted by Crippen LogP contribution is -2.18. The van der Waals surface area contributed by atoms with Gasteiger partial charge >= 0.3 is 6.18 Å². The van der Waals surface area contributed by atoms with Gasteiger partial charge in [-0.15, -0.1) is 0 Å². The smallest absolute Gasteiger partial charge is 0.315 e. The SMILES string of the molecule is CSCCn1c(=NC(=O)c2cccc(C(F)(F)F)c2)sc2cc([N+](=O)[O-])ccc21. The van der Waals surface area contributed by atoms with Gasteiger partial charge in [0.25, 0.3) is 11.6 Å². The standard InChI is InChI=1S/C18H14F3N3O3S2/c1-28-8-7-23-14-6-5-13(24(26)27)10-15(14)29-17(23)22-16(25)11-3-2-4-12(9-11)18(19,20)21/h2-6,9-10H,7-8H2,1H3. The highest BCUT2D eigenvalue weighted by atomic mass is 32.2. The van der Waals surface area contributed by atoms with Crippen molar-refractivity contribution in [3.05, 3.63) is 68.5 Å². The molecule has 0 atom stereocenters. The van der Waals surface area contributed by atoms with Crippen LogP contribution < -0.4 is 4.80 Å². The third kappa shape index (κ3) is 4.67. The molecule has 0 spiro atoms. The molecule has 0 aliphatic heterocycles. The van der Waals surface area contributed by atoms with Gasteiger partial charge in [-0.2, -0.15) is 29.9 Å². The quantitative estimate of drug-likeness (QED) is 0.424. The first kappa shape index (κ1) is 21.1. The van der Waals surface area contributed by atoms with E-state index in [2.05, 4.69) is 4.99 Å². The van der Waals surface area contributed by atoms with Crippen molar-refractivity contribution < 1.29 is 22.9 Å². The van der Waals surface area contributed by atoms with Crippen LogP contribution >= 0.6 is 23.1 Å². The molecule has 0 N–H and O–H groups in total. The number of nitro groups is 1. The van der Waals surface area contributed by atoms with E-state index in [4.69, 9.17) is 0 Å². The van der Waals surface area contributed by atoms with E-state index in [1.165, 1.54) is 18.2 Å². The summed E-state index contributed by atoms with van der Waals surface area (Å²) in [6, 6.07) is 8.40. The summed E-state index contributed by atoms with van der Waals surface area (Å²) in [5, 5.41) is 11.0. The second-order valence-electron chi connectivity index (χ2n) is 5.93. The Labute approximate surface area is 170 Å². The van der Waals surface area contributed by atoms with Crippen LogP contribution in [0.4, 0.5) is 18.9 Å². The van der Waals surface area contributed by atoms with Crippen molar-refractivity contribution in [1.82, 2.24) is 4.57 Å². The Morgan fingerprint density at radius 2 is 2.03 bits per heavy atom. The van der Waals surface area contributed by atoms with Gasteiger partial charge in [0.1, 0.15) is 0 Å². The number of thiazole rings is 1. The molecule has 1 aromatic heterocycles. The van der Waals surface area contributed by atoms with Gasteiger partial charge in [0.15, 0.2) is 4.80 Å². The Morgan fingerprint density at radius 3 is 2.69 bits per heavy atom. The fourth-order valence-electron chi connectivity index (χ4n) is 2.64. The largest absolute Gasteiger partial charge is 0.416 e. The van der Waals surface area contributed by atoms with Crippen LogP contribution in [0.15, 0.2) is 47.5 Å².